The molecule has 0 amide bonds. The minimum atomic E-state index is -1.60. The van der Waals surface area contributed by atoms with Gasteiger partial charge in [0, 0.05) is 33.3 Å². The topological polar surface area (TPSA) is 112 Å². The third-order valence-electron chi connectivity index (χ3n) is 9.91. The molecule has 0 saturated heterocycles. The van der Waals surface area contributed by atoms with E-state index in [0.29, 0.717) is 0 Å². The Balaban J connectivity index is 0.000000780. The Hall–Kier alpha value is -4.71. The maximum atomic E-state index is 9.00. The van der Waals surface area contributed by atoms with Gasteiger partial charge in [-0.3, -0.25) is 9.59 Å². The van der Waals surface area contributed by atoms with E-state index in [1.165, 1.54) is 76.3 Å². The van der Waals surface area contributed by atoms with Crippen molar-refractivity contribution in [3.8, 4) is 34.1 Å². The number of fused-ring (bicyclic) bond motifs is 2. The van der Waals surface area contributed by atoms with E-state index in [1.807, 2.05) is 0 Å². The monoisotopic (exact) mass is 980 g/mol. The van der Waals surface area contributed by atoms with Gasteiger partial charge < -0.3 is 29.2 Å². The summed E-state index contributed by atoms with van der Waals surface area (Å²) in [5, 5.41) is 22.7. The summed E-state index contributed by atoms with van der Waals surface area (Å²) in [6.07, 6.45) is 0. The fraction of sp³-hybridized carbons (Fsp3) is 0.240. The molecule has 2 aliphatic heterocycles. The van der Waals surface area contributed by atoms with Gasteiger partial charge in [-0.2, -0.15) is 13.5 Å². The van der Waals surface area contributed by atoms with E-state index in [2.05, 4.69) is 152 Å². The molecule has 0 saturated carbocycles. The maximum Gasteiger partial charge on any atom is 0.300 e. The van der Waals surface area contributed by atoms with Crippen molar-refractivity contribution >= 4 is 73.1 Å². The van der Waals surface area contributed by atoms with Gasteiger partial charge in [-0.25, -0.2) is 0 Å². The summed E-state index contributed by atoms with van der Waals surface area (Å²) in [5.74, 6) is 1.41. The van der Waals surface area contributed by atoms with Crippen LogP contribution in [0.3, 0.4) is 0 Å². The van der Waals surface area contributed by atoms with E-state index in [4.69, 9.17) is 38.7 Å². The zero-order chi connectivity index (χ0) is 43.4. The van der Waals surface area contributed by atoms with Gasteiger partial charge >= 0.3 is 0 Å². The van der Waals surface area contributed by atoms with Crippen molar-refractivity contribution in [3.05, 3.63) is 142 Å². The largest absolute Gasteiger partial charge is 0.481 e. The predicted octanol–water partition coefficient (Wildman–Crippen LogP) is 8.55. The molecule has 6 aromatic rings. The van der Waals surface area contributed by atoms with Crippen molar-refractivity contribution in [2.75, 3.05) is 13.6 Å². The van der Waals surface area contributed by atoms with Crippen LogP contribution in [0.5, 0.6) is 23.0 Å². The standard InChI is InChI=1S/C46H44O4P2.2C2H4O2.Ru.H2S/c1-27-13-28(2)18-35(17-27)51(36-19-29(3)14-30(4)20-36)41-11-9-39-45(49-25-47-39)43(41)44-42(12-10-40-46(44)50-26-48-40)52(37-21-31(5)15-32(6)22-37)38-23-33(7)16-34(8)24-38;2*1-2(3)4;;/h9-24H,25-26H2,1-8H3;2*1H3,(H,3,4);;1H2/p+2. The first-order valence-corrected chi connectivity index (χ1v) is 22.8. The summed E-state index contributed by atoms with van der Waals surface area (Å²) in [5.41, 5.74) is 12.2. The Morgan fingerprint density at radius 1 is 0.435 bits per heavy atom. The fourth-order valence-corrected chi connectivity index (χ4v) is 14.7. The summed E-state index contributed by atoms with van der Waals surface area (Å²) in [6, 6.07) is 36.9. The second-order valence-electron chi connectivity index (χ2n) is 15.7. The molecule has 0 aliphatic carbocycles. The first kappa shape index (κ1) is 49.9. The third-order valence-corrected chi connectivity index (χ3v) is 15.3. The Labute approximate surface area is 387 Å². The molecule has 0 fully saturated rings. The molecule has 62 heavy (non-hydrogen) atoms. The molecule has 6 aromatic carbocycles. The van der Waals surface area contributed by atoms with Crippen LogP contribution in [0, 0.1) is 55.4 Å². The van der Waals surface area contributed by atoms with E-state index < -0.39 is 27.8 Å². The van der Waals surface area contributed by atoms with Gasteiger partial charge in [0.1, 0.15) is 31.8 Å². The molecule has 0 bridgehead atoms. The molecular formula is C50H56O8P2RuS+2. The number of aliphatic carboxylic acids is 2. The van der Waals surface area contributed by atoms with Crippen molar-refractivity contribution < 1.29 is 58.2 Å². The second kappa shape index (κ2) is 21.6. The van der Waals surface area contributed by atoms with Gasteiger partial charge in [-0.05, 0) is 173 Å². The molecule has 0 atom stereocenters. The average Bonchev–Trinajstić information content (AvgIpc) is 3.80. The molecular weight excluding hydrogens is 924 g/mol. The molecule has 12 heteroatoms. The van der Waals surface area contributed by atoms with Crippen LogP contribution >= 0.6 is 29.3 Å². The van der Waals surface area contributed by atoms with Crippen LogP contribution in [0.2, 0.25) is 0 Å². The first-order chi connectivity index (χ1) is 28.5. The van der Waals surface area contributed by atoms with Crippen molar-refractivity contribution in [1.29, 1.82) is 0 Å². The summed E-state index contributed by atoms with van der Waals surface area (Å²) in [6.45, 7) is 20.1. The van der Waals surface area contributed by atoms with E-state index >= 15 is 0 Å². The number of benzene rings is 6. The summed E-state index contributed by atoms with van der Waals surface area (Å²) in [7, 11) is -3.19. The number of hydrogen-bond donors (Lipinski definition) is 2. The smallest absolute Gasteiger partial charge is 0.300 e. The Morgan fingerprint density at radius 2 is 0.661 bits per heavy atom. The quantitative estimate of drug-likeness (QED) is 0.121. The number of rotatable bonds is 7. The van der Waals surface area contributed by atoms with Gasteiger partial charge in [0.2, 0.25) is 13.6 Å². The fourth-order valence-electron chi connectivity index (χ4n) is 8.29. The number of aryl methyl sites for hydroxylation is 8. The van der Waals surface area contributed by atoms with Gasteiger partial charge in [-0.15, -0.1) is 0 Å². The van der Waals surface area contributed by atoms with Gasteiger partial charge in [0.05, 0.1) is 27.0 Å². The number of hydrogen-bond acceptors (Lipinski definition) is 6. The van der Waals surface area contributed by atoms with Crippen LogP contribution in [0.1, 0.15) is 58.4 Å². The number of ether oxygens (including phenoxy) is 4. The molecule has 0 aromatic heterocycles. The summed E-state index contributed by atoms with van der Waals surface area (Å²) < 4.78 is 25.4. The van der Waals surface area contributed by atoms with Crippen LogP contribution in [-0.2, 0) is 29.1 Å². The van der Waals surface area contributed by atoms with Gasteiger partial charge in [-0.1, -0.05) is 24.3 Å². The molecule has 2 aliphatic rings. The molecule has 0 spiro atoms. The Bertz CT molecular complexity index is 2240. The van der Waals surface area contributed by atoms with Crippen LogP contribution in [0.25, 0.3) is 11.1 Å². The van der Waals surface area contributed by atoms with Crippen molar-refractivity contribution in [2.24, 2.45) is 0 Å². The first-order valence-electron chi connectivity index (χ1n) is 19.8. The number of carboxylic acid groups (broad SMARTS) is 2. The maximum absolute atomic E-state index is 9.00. The van der Waals surface area contributed by atoms with Crippen LogP contribution in [-0.4, -0.2) is 35.7 Å². The second-order valence-corrected chi connectivity index (χ2v) is 20.6. The van der Waals surface area contributed by atoms with Crippen LogP contribution < -0.4 is 50.8 Å². The minimum Gasteiger partial charge on any atom is -0.481 e. The molecule has 326 valence electrons. The van der Waals surface area contributed by atoms with E-state index in [-0.39, 0.29) is 46.6 Å². The SMILES string of the molecule is CC(=O)O.CC(=O)O.Cc1cc(C)cc([PH+](c2cc(C)cc(C)c2)c2ccc3c(c2-c2c([PH+](c4cc(C)cc(C)c4)c4cc(C)cc(C)c4)ccc4c2OCO4)OCO3)c1.S.[Ru]. The minimum absolute atomic E-state index is 0. The molecule has 0 radical (unpaired) electrons. The third kappa shape index (κ3) is 11.8. The summed E-state index contributed by atoms with van der Waals surface area (Å²) in [4.78, 5) is 18.0. The molecule has 8 nitrogen and oxygen atoms in total. The van der Waals surface area contributed by atoms with Gasteiger partial charge in [0.15, 0.2) is 23.0 Å². The molecule has 0 unspecified atom stereocenters. The predicted molar refractivity (Wildman–Crippen MR) is 259 cm³/mol. The summed E-state index contributed by atoms with van der Waals surface area (Å²) >= 11 is 0. The molecule has 8 rings (SSSR count). The van der Waals surface area contributed by atoms with E-state index in [9.17, 15) is 0 Å². The van der Waals surface area contributed by atoms with Crippen LogP contribution in [0.4, 0.5) is 0 Å². The number of carboxylic acids is 2. The van der Waals surface area contributed by atoms with E-state index in [0.717, 1.165) is 48.0 Å². The zero-order valence-corrected chi connectivity index (χ0v) is 41.6. The Morgan fingerprint density at radius 3 is 0.887 bits per heavy atom. The van der Waals surface area contributed by atoms with Crippen molar-refractivity contribution in [3.63, 3.8) is 0 Å². The zero-order valence-electron chi connectivity index (χ0n) is 36.8. The van der Waals surface area contributed by atoms with Crippen molar-refractivity contribution in [2.45, 2.75) is 69.2 Å². The van der Waals surface area contributed by atoms with Crippen LogP contribution in [0.15, 0.2) is 97.1 Å². The van der Waals surface area contributed by atoms with E-state index in [1.54, 1.807) is 0 Å². The molecule has 2 N–H and O–H groups in total. The Kier molecular flexibility index (Phi) is 17.4. The average molecular weight is 980 g/mol. The normalized spacial score (nSPS) is 11.7. The van der Waals surface area contributed by atoms with Crippen molar-refractivity contribution in [1.82, 2.24) is 0 Å². The molecule has 2 heterocycles. The number of carbonyl (C=O) groups is 2. The van der Waals surface area contributed by atoms with Gasteiger partial charge in [0.25, 0.3) is 11.9 Å².